The summed E-state index contributed by atoms with van der Waals surface area (Å²) in [6, 6.07) is 20.5. The van der Waals surface area contributed by atoms with Crippen LogP contribution in [-0.2, 0) is 0 Å². The third-order valence-corrected chi connectivity index (χ3v) is 2.83. The molecule has 2 aromatic carbocycles. The lowest BCUT2D eigenvalue weighted by molar-refractivity contribution is 1.64. The maximum atomic E-state index is 3.58. The summed E-state index contributed by atoms with van der Waals surface area (Å²) >= 11 is 3.58. The largest absolute Gasteiger partial charge is 0.0622 e. The molecule has 0 radical (unpaired) electrons. The van der Waals surface area contributed by atoms with E-state index in [1.165, 1.54) is 11.1 Å². The average Bonchev–Trinajstić information content (AvgIpc) is 2.31. The van der Waals surface area contributed by atoms with Crippen molar-refractivity contribution < 1.29 is 0 Å². The van der Waals surface area contributed by atoms with Crippen LogP contribution >= 0.6 is 15.9 Å². The van der Waals surface area contributed by atoms with Crippen LogP contribution in [0.15, 0.2) is 60.7 Å². The molecular formula is C14H11Br. The lowest BCUT2D eigenvalue weighted by atomic mass is 10.1. The molecular weight excluding hydrogens is 248 g/mol. The zero-order valence-corrected chi connectivity index (χ0v) is 9.81. The highest BCUT2D eigenvalue weighted by Crippen LogP contribution is 2.23. The highest BCUT2D eigenvalue weighted by atomic mass is 79.9. The molecule has 0 fully saturated rings. The number of halogens is 1. The topological polar surface area (TPSA) is 0 Å². The van der Waals surface area contributed by atoms with Gasteiger partial charge in [-0.05, 0) is 17.2 Å². The predicted octanol–water partition coefficient (Wildman–Crippen LogP) is 4.58. The van der Waals surface area contributed by atoms with E-state index >= 15 is 0 Å². The Morgan fingerprint density at radius 2 is 1.33 bits per heavy atom. The standard InChI is InChI=1S/C14H11Br/c15-14(13-9-5-2-6-10-13)11-12-7-3-1-4-8-12/h1-11H. The summed E-state index contributed by atoms with van der Waals surface area (Å²) in [7, 11) is 0. The van der Waals surface area contributed by atoms with Crippen LogP contribution in [0.3, 0.4) is 0 Å². The summed E-state index contributed by atoms with van der Waals surface area (Å²) in [6.45, 7) is 0. The molecule has 1 heteroatoms. The van der Waals surface area contributed by atoms with Crippen LogP contribution in [0.25, 0.3) is 10.6 Å². The van der Waals surface area contributed by atoms with Crippen molar-refractivity contribution in [2.45, 2.75) is 0 Å². The summed E-state index contributed by atoms with van der Waals surface area (Å²) in [5.74, 6) is 0. The quantitative estimate of drug-likeness (QED) is 0.692. The minimum absolute atomic E-state index is 1.11. The molecule has 0 heterocycles. The van der Waals surface area contributed by atoms with E-state index in [1.807, 2.05) is 36.4 Å². The molecule has 0 aliphatic heterocycles. The third kappa shape index (κ3) is 2.80. The van der Waals surface area contributed by atoms with E-state index < -0.39 is 0 Å². The van der Waals surface area contributed by atoms with E-state index in [1.54, 1.807) is 0 Å². The van der Waals surface area contributed by atoms with E-state index in [9.17, 15) is 0 Å². The monoisotopic (exact) mass is 258 g/mol. The van der Waals surface area contributed by atoms with Crippen molar-refractivity contribution in [3.8, 4) is 0 Å². The zero-order chi connectivity index (χ0) is 10.5. The molecule has 2 aromatic rings. The van der Waals surface area contributed by atoms with Crippen molar-refractivity contribution in [2.75, 3.05) is 0 Å². The average molecular weight is 259 g/mol. The Kier molecular flexibility index (Phi) is 3.36. The highest BCUT2D eigenvalue weighted by Gasteiger charge is 1.95. The van der Waals surface area contributed by atoms with Crippen molar-refractivity contribution in [3.63, 3.8) is 0 Å². The van der Waals surface area contributed by atoms with Gasteiger partial charge in [-0.25, -0.2) is 0 Å². The zero-order valence-electron chi connectivity index (χ0n) is 8.23. The lowest BCUT2D eigenvalue weighted by Crippen LogP contribution is -1.75. The van der Waals surface area contributed by atoms with Gasteiger partial charge in [0.15, 0.2) is 0 Å². The molecule has 0 aromatic heterocycles. The molecule has 0 amide bonds. The number of rotatable bonds is 2. The van der Waals surface area contributed by atoms with Crippen molar-refractivity contribution in [3.05, 3.63) is 71.8 Å². The molecule has 0 bridgehead atoms. The van der Waals surface area contributed by atoms with Crippen molar-refractivity contribution in [1.29, 1.82) is 0 Å². The summed E-state index contributed by atoms with van der Waals surface area (Å²) in [5.41, 5.74) is 2.40. The molecule has 0 atom stereocenters. The van der Waals surface area contributed by atoms with E-state index in [0.29, 0.717) is 0 Å². The molecule has 0 saturated heterocycles. The SMILES string of the molecule is BrC(=Cc1ccccc1)c1ccccc1. The van der Waals surface area contributed by atoms with Crippen LogP contribution in [0.2, 0.25) is 0 Å². The van der Waals surface area contributed by atoms with Crippen molar-refractivity contribution in [1.82, 2.24) is 0 Å². The Bertz CT molecular complexity index is 443. The minimum Gasteiger partial charge on any atom is -0.0622 e. The highest BCUT2D eigenvalue weighted by molar-refractivity contribution is 9.15. The number of hydrogen-bond acceptors (Lipinski definition) is 0. The first-order chi connectivity index (χ1) is 7.36. The van der Waals surface area contributed by atoms with Crippen molar-refractivity contribution in [2.24, 2.45) is 0 Å². The molecule has 74 valence electrons. The first-order valence-electron chi connectivity index (χ1n) is 4.84. The fourth-order valence-electron chi connectivity index (χ4n) is 1.38. The van der Waals surface area contributed by atoms with E-state index in [0.717, 1.165) is 4.48 Å². The molecule has 0 aliphatic rings. The normalized spacial score (nSPS) is 11.4. The van der Waals surface area contributed by atoms with Gasteiger partial charge in [-0.15, -0.1) is 0 Å². The van der Waals surface area contributed by atoms with Crippen LogP contribution in [0.5, 0.6) is 0 Å². The second-order valence-corrected chi connectivity index (χ2v) is 4.12. The van der Waals surface area contributed by atoms with Crippen LogP contribution in [0.4, 0.5) is 0 Å². The van der Waals surface area contributed by atoms with Gasteiger partial charge >= 0.3 is 0 Å². The van der Waals surface area contributed by atoms with Crippen LogP contribution < -0.4 is 0 Å². The number of hydrogen-bond donors (Lipinski definition) is 0. The second-order valence-electron chi connectivity index (χ2n) is 3.27. The van der Waals surface area contributed by atoms with Crippen LogP contribution in [-0.4, -0.2) is 0 Å². The summed E-state index contributed by atoms with van der Waals surface area (Å²) in [6.07, 6.45) is 2.12. The summed E-state index contributed by atoms with van der Waals surface area (Å²) < 4.78 is 1.11. The van der Waals surface area contributed by atoms with Gasteiger partial charge in [0, 0.05) is 4.48 Å². The Morgan fingerprint density at radius 1 is 0.800 bits per heavy atom. The van der Waals surface area contributed by atoms with Gasteiger partial charge in [0.1, 0.15) is 0 Å². The Balaban J connectivity index is 2.29. The summed E-state index contributed by atoms with van der Waals surface area (Å²) in [4.78, 5) is 0. The Hall–Kier alpha value is -1.34. The number of benzene rings is 2. The molecule has 0 aliphatic carbocycles. The fraction of sp³-hybridized carbons (Fsp3) is 0. The molecule has 2 rings (SSSR count). The molecule has 0 unspecified atom stereocenters. The molecule has 0 N–H and O–H groups in total. The minimum atomic E-state index is 1.11. The van der Waals surface area contributed by atoms with E-state index in [2.05, 4.69) is 46.3 Å². The lowest BCUT2D eigenvalue weighted by Gasteiger charge is -1.99. The van der Waals surface area contributed by atoms with Crippen LogP contribution in [0, 0.1) is 0 Å². The van der Waals surface area contributed by atoms with Gasteiger partial charge < -0.3 is 0 Å². The summed E-state index contributed by atoms with van der Waals surface area (Å²) in [5, 5.41) is 0. The van der Waals surface area contributed by atoms with Crippen LogP contribution in [0.1, 0.15) is 11.1 Å². The predicted molar refractivity (Wildman–Crippen MR) is 69.7 cm³/mol. The molecule has 0 saturated carbocycles. The van der Waals surface area contributed by atoms with Gasteiger partial charge in [-0.1, -0.05) is 76.6 Å². The van der Waals surface area contributed by atoms with Gasteiger partial charge in [0.2, 0.25) is 0 Å². The van der Waals surface area contributed by atoms with Gasteiger partial charge in [-0.3, -0.25) is 0 Å². The second kappa shape index (κ2) is 4.94. The van der Waals surface area contributed by atoms with E-state index in [4.69, 9.17) is 0 Å². The van der Waals surface area contributed by atoms with E-state index in [-0.39, 0.29) is 0 Å². The fourth-order valence-corrected chi connectivity index (χ4v) is 1.90. The molecule has 0 nitrogen and oxygen atoms in total. The smallest absolute Gasteiger partial charge is 0.0253 e. The molecule has 15 heavy (non-hydrogen) atoms. The van der Waals surface area contributed by atoms with Gasteiger partial charge in [0.05, 0.1) is 0 Å². The Morgan fingerprint density at radius 3 is 1.93 bits per heavy atom. The maximum Gasteiger partial charge on any atom is 0.0253 e. The Labute approximate surface area is 98.4 Å². The first-order valence-corrected chi connectivity index (χ1v) is 5.63. The molecule has 0 spiro atoms. The van der Waals surface area contributed by atoms with Crippen molar-refractivity contribution >= 4 is 26.5 Å². The third-order valence-electron chi connectivity index (χ3n) is 2.14. The van der Waals surface area contributed by atoms with Gasteiger partial charge in [-0.2, -0.15) is 0 Å². The van der Waals surface area contributed by atoms with Gasteiger partial charge in [0.25, 0.3) is 0 Å². The first kappa shape index (κ1) is 10.2. The maximum absolute atomic E-state index is 3.58.